The zero-order chi connectivity index (χ0) is 15.2. The minimum atomic E-state index is -0.376. The molecule has 0 saturated heterocycles. The van der Waals surface area contributed by atoms with Crippen LogP contribution in [0.25, 0.3) is 0 Å². The van der Waals surface area contributed by atoms with E-state index in [1.807, 2.05) is 17.5 Å². The molecule has 1 aromatic carbocycles. The van der Waals surface area contributed by atoms with Gasteiger partial charge in [-0.3, -0.25) is 4.79 Å². The molecule has 21 heavy (non-hydrogen) atoms. The molecule has 1 heterocycles. The van der Waals surface area contributed by atoms with Gasteiger partial charge >= 0.3 is 6.03 Å². The zero-order valence-corrected chi connectivity index (χ0v) is 12.8. The summed E-state index contributed by atoms with van der Waals surface area (Å²) in [5.74, 6) is -0.242. The average molecular weight is 324 g/mol. The molecule has 0 aliphatic carbocycles. The van der Waals surface area contributed by atoms with Gasteiger partial charge in [0, 0.05) is 17.5 Å². The maximum Gasteiger partial charge on any atom is 0.319 e. The van der Waals surface area contributed by atoms with Crippen molar-refractivity contribution in [2.45, 2.75) is 6.54 Å². The van der Waals surface area contributed by atoms with Crippen LogP contribution in [0.15, 0.2) is 35.7 Å². The van der Waals surface area contributed by atoms with Gasteiger partial charge < -0.3 is 16.0 Å². The Morgan fingerprint density at radius 2 is 2.10 bits per heavy atom. The van der Waals surface area contributed by atoms with Gasteiger partial charge in [0.05, 0.1) is 17.3 Å². The van der Waals surface area contributed by atoms with Crippen LogP contribution in [0.4, 0.5) is 10.5 Å². The molecule has 0 fully saturated rings. The fourth-order valence-electron chi connectivity index (χ4n) is 1.65. The molecule has 2 aromatic rings. The van der Waals surface area contributed by atoms with Crippen molar-refractivity contribution >= 4 is 40.6 Å². The second-order valence-corrected chi connectivity index (χ2v) is 5.60. The van der Waals surface area contributed by atoms with E-state index in [1.165, 1.54) is 13.1 Å². The maximum atomic E-state index is 11.8. The highest BCUT2D eigenvalue weighted by molar-refractivity contribution is 7.09. The molecule has 1 aromatic heterocycles. The highest BCUT2D eigenvalue weighted by Gasteiger charge is 2.10. The molecule has 110 valence electrons. The van der Waals surface area contributed by atoms with Crippen LogP contribution in [-0.2, 0) is 6.54 Å². The number of carbonyl (C=O) groups is 2. The Morgan fingerprint density at radius 1 is 1.29 bits per heavy atom. The first-order valence-electron chi connectivity index (χ1n) is 6.19. The van der Waals surface area contributed by atoms with Gasteiger partial charge in [0.25, 0.3) is 5.91 Å². The minimum absolute atomic E-state index is 0.242. The highest BCUT2D eigenvalue weighted by atomic mass is 35.5. The van der Waals surface area contributed by atoms with E-state index in [1.54, 1.807) is 23.5 Å². The third-order valence-corrected chi connectivity index (χ3v) is 3.91. The molecule has 7 heteroatoms. The maximum absolute atomic E-state index is 11.8. The summed E-state index contributed by atoms with van der Waals surface area (Å²) in [5, 5.41) is 10.2. The van der Waals surface area contributed by atoms with Gasteiger partial charge in [-0.2, -0.15) is 0 Å². The minimum Gasteiger partial charge on any atom is -0.355 e. The molecule has 0 aliphatic heterocycles. The normalized spacial score (nSPS) is 10.0. The molecule has 0 aliphatic rings. The Kier molecular flexibility index (Phi) is 5.19. The summed E-state index contributed by atoms with van der Waals surface area (Å²) in [6, 6.07) is 8.18. The number of anilines is 1. The summed E-state index contributed by atoms with van der Waals surface area (Å²) in [6.07, 6.45) is 0. The zero-order valence-electron chi connectivity index (χ0n) is 11.3. The van der Waals surface area contributed by atoms with Gasteiger partial charge in [-0.25, -0.2) is 4.79 Å². The molecule has 0 saturated carbocycles. The van der Waals surface area contributed by atoms with Gasteiger partial charge in [-0.05, 0) is 29.6 Å². The lowest BCUT2D eigenvalue weighted by atomic mass is 10.2. The first kappa shape index (κ1) is 15.3. The van der Waals surface area contributed by atoms with E-state index in [-0.39, 0.29) is 11.9 Å². The van der Waals surface area contributed by atoms with Crippen LogP contribution in [0.5, 0.6) is 0 Å². The lowest BCUT2D eigenvalue weighted by Crippen LogP contribution is -2.28. The first-order chi connectivity index (χ1) is 10.1. The van der Waals surface area contributed by atoms with Gasteiger partial charge in [-0.1, -0.05) is 17.7 Å². The molecule has 5 nitrogen and oxygen atoms in total. The van der Waals surface area contributed by atoms with Crippen LogP contribution in [0.3, 0.4) is 0 Å². The first-order valence-corrected chi connectivity index (χ1v) is 7.45. The fraction of sp³-hybridized carbons (Fsp3) is 0.143. The van der Waals surface area contributed by atoms with E-state index in [9.17, 15) is 9.59 Å². The van der Waals surface area contributed by atoms with Crippen molar-refractivity contribution in [3.8, 4) is 0 Å². The molecular weight excluding hydrogens is 310 g/mol. The Balaban J connectivity index is 2.01. The summed E-state index contributed by atoms with van der Waals surface area (Å²) < 4.78 is 0. The Bertz CT molecular complexity index is 644. The van der Waals surface area contributed by atoms with Crippen molar-refractivity contribution in [1.82, 2.24) is 10.6 Å². The van der Waals surface area contributed by atoms with Crippen LogP contribution in [0.1, 0.15) is 15.2 Å². The van der Waals surface area contributed by atoms with Gasteiger partial charge in [-0.15, -0.1) is 11.3 Å². The van der Waals surface area contributed by atoms with Crippen LogP contribution < -0.4 is 16.0 Å². The summed E-state index contributed by atoms with van der Waals surface area (Å²) in [4.78, 5) is 24.4. The monoisotopic (exact) mass is 323 g/mol. The quantitative estimate of drug-likeness (QED) is 0.809. The number of thiophene rings is 1. The molecule has 2 rings (SSSR count). The second kappa shape index (κ2) is 7.10. The number of hydrogen-bond acceptors (Lipinski definition) is 3. The predicted octanol–water partition coefficient (Wildman–Crippen LogP) is 3.08. The van der Waals surface area contributed by atoms with Crippen LogP contribution in [0, 0.1) is 0 Å². The van der Waals surface area contributed by atoms with Crippen LogP contribution in [-0.4, -0.2) is 19.0 Å². The Morgan fingerprint density at radius 3 is 2.76 bits per heavy atom. The molecule has 0 spiro atoms. The molecule has 0 atom stereocenters. The van der Waals surface area contributed by atoms with Crippen LogP contribution in [0.2, 0.25) is 5.02 Å². The molecule has 3 N–H and O–H groups in total. The van der Waals surface area contributed by atoms with Crippen molar-refractivity contribution in [2.75, 3.05) is 12.4 Å². The van der Waals surface area contributed by atoms with Gasteiger partial charge in [0.1, 0.15) is 0 Å². The number of urea groups is 1. The molecule has 0 unspecified atom stereocenters. The summed E-state index contributed by atoms with van der Waals surface area (Å²) in [6.45, 7) is 0.441. The van der Waals surface area contributed by atoms with E-state index >= 15 is 0 Å². The van der Waals surface area contributed by atoms with Crippen molar-refractivity contribution in [3.63, 3.8) is 0 Å². The molecular formula is C14H14ClN3O2S. The molecule has 0 radical (unpaired) electrons. The Hall–Kier alpha value is -2.05. The molecule has 0 bridgehead atoms. The number of benzene rings is 1. The van der Waals surface area contributed by atoms with E-state index < -0.39 is 0 Å². The number of nitrogens with one attached hydrogen (secondary N) is 3. The predicted molar refractivity (Wildman–Crippen MR) is 85.0 cm³/mol. The van der Waals surface area contributed by atoms with Gasteiger partial charge in [0.15, 0.2) is 0 Å². The van der Waals surface area contributed by atoms with Gasteiger partial charge in [0.2, 0.25) is 0 Å². The lowest BCUT2D eigenvalue weighted by molar-refractivity contribution is 0.0963. The van der Waals surface area contributed by atoms with Crippen molar-refractivity contribution < 1.29 is 9.59 Å². The standard InChI is InChI=1S/C14H14ClN3O2S/c1-16-13(19)9-4-5-11(15)12(7-9)18-14(20)17-8-10-3-2-6-21-10/h2-7H,8H2,1H3,(H,16,19)(H2,17,18,20). The number of hydrogen-bond donors (Lipinski definition) is 3. The molecule has 3 amide bonds. The number of carbonyl (C=O) groups excluding carboxylic acids is 2. The van der Waals surface area contributed by atoms with Crippen molar-refractivity contribution in [1.29, 1.82) is 0 Å². The van der Waals surface area contributed by atoms with Crippen molar-refractivity contribution in [2.24, 2.45) is 0 Å². The Labute approximate surface area is 131 Å². The van der Waals surface area contributed by atoms with E-state index in [0.29, 0.717) is 22.8 Å². The van der Waals surface area contributed by atoms with E-state index in [2.05, 4.69) is 16.0 Å². The number of rotatable bonds is 4. The number of halogens is 1. The van der Waals surface area contributed by atoms with E-state index in [4.69, 9.17) is 11.6 Å². The van der Waals surface area contributed by atoms with Crippen LogP contribution >= 0.6 is 22.9 Å². The van der Waals surface area contributed by atoms with E-state index in [0.717, 1.165) is 4.88 Å². The summed E-state index contributed by atoms with van der Waals surface area (Å²) in [5.41, 5.74) is 0.817. The topological polar surface area (TPSA) is 70.2 Å². The summed E-state index contributed by atoms with van der Waals surface area (Å²) in [7, 11) is 1.54. The largest absolute Gasteiger partial charge is 0.355 e. The third kappa shape index (κ3) is 4.21. The SMILES string of the molecule is CNC(=O)c1ccc(Cl)c(NC(=O)NCc2cccs2)c1. The smallest absolute Gasteiger partial charge is 0.319 e. The number of amides is 3. The highest BCUT2D eigenvalue weighted by Crippen LogP contribution is 2.23. The average Bonchev–Trinajstić information content (AvgIpc) is 3.00. The van der Waals surface area contributed by atoms with Crippen molar-refractivity contribution in [3.05, 3.63) is 51.2 Å². The second-order valence-electron chi connectivity index (χ2n) is 4.16. The fourth-order valence-corrected chi connectivity index (χ4v) is 2.46. The summed E-state index contributed by atoms with van der Waals surface area (Å²) >= 11 is 7.58. The third-order valence-electron chi connectivity index (χ3n) is 2.71. The lowest BCUT2D eigenvalue weighted by Gasteiger charge is -2.10.